The summed E-state index contributed by atoms with van der Waals surface area (Å²) in [6, 6.07) is 25.6. The zero-order chi connectivity index (χ0) is 30.5. The Morgan fingerprint density at radius 1 is 0.886 bits per heavy atom. The van der Waals surface area contributed by atoms with E-state index in [1.165, 1.54) is 17.4 Å². The number of fused-ring (bicyclic) bond motifs is 1. The van der Waals surface area contributed by atoms with Crippen LogP contribution in [0, 0.1) is 6.92 Å². The molecular formula is C35H33N5O3S. The second kappa shape index (κ2) is 13.2. The number of benzene rings is 3. The summed E-state index contributed by atoms with van der Waals surface area (Å²) in [6.07, 6.45) is 8.61. The number of hydrogen-bond donors (Lipinski definition) is 0. The number of aromatic nitrogens is 5. The Bertz CT molecular complexity index is 2050. The Morgan fingerprint density at radius 3 is 2.41 bits per heavy atom. The summed E-state index contributed by atoms with van der Waals surface area (Å²) < 4.78 is 9.39. The van der Waals surface area contributed by atoms with E-state index in [2.05, 4.69) is 17.0 Å². The molecular weight excluding hydrogens is 570 g/mol. The zero-order valence-electron chi connectivity index (χ0n) is 24.8. The maximum Gasteiger partial charge on any atom is 0.296 e. The summed E-state index contributed by atoms with van der Waals surface area (Å²) in [6.45, 7) is 4.89. The molecule has 0 aliphatic carbocycles. The molecule has 3 aromatic carbocycles. The van der Waals surface area contributed by atoms with Crippen molar-refractivity contribution in [2.45, 2.75) is 46.0 Å². The van der Waals surface area contributed by atoms with Crippen LogP contribution in [-0.4, -0.2) is 31.0 Å². The van der Waals surface area contributed by atoms with Crippen LogP contribution in [0.3, 0.4) is 0 Å². The van der Waals surface area contributed by atoms with Gasteiger partial charge in [-0.2, -0.15) is 19.7 Å². The van der Waals surface area contributed by atoms with Crippen molar-refractivity contribution < 1.29 is 4.74 Å². The normalized spacial score (nSPS) is 11.8. The highest BCUT2D eigenvalue weighted by molar-refractivity contribution is 7.15. The Labute approximate surface area is 258 Å². The van der Waals surface area contributed by atoms with Gasteiger partial charge in [0.05, 0.1) is 16.8 Å². The smallest absolute Gasteiger partial charge is 0.296 e. The number of ether oxygens (including phenoxy) is 1. The van der Waals surface area contributed by atoms with Crippen LogP contribution in [0.25, 0.3) is 28.0 Å². The highest BCUT2D eigenvalue weighted by Crippen LogP contribution is 2.26. The summed E-state index contributed by atoms with van der Waals surface area (Å²) in [5.74, 6) is 0.813. The minimum atomic E-state index is -0.427. The first-order chi connectivity index (χ1) is 21.5. The van der Waals surface area contributed by atoms with Gasteiger partial charge in [-0.05, 0) is 61.4 Å². The third-order valence-corrected chi connectivity index (χ3v) is 8.35. The molecule has 0 N–H and O–H groups in total. The van der Waals surface area contributed by atoms with E-state index < -0.39 is 5.56 Å². The monoisotopic (exact) mass is 603 g/mol. The number of para-hydroxylation sites is 1. The van der Waals surface area contributed by atoms with Gasteiger partial charge in [-0.15, -0.1) is 0 Å². The van der Waals surface area contributed by atoms with E-state index >= 15 is 0 Å². The fraction of sp³-hybridized carbons (Fsp3) is 0.229. The molecule has 6 rings (SSSR count). The average molecular weight is 604 g/mol. The molecule has 0 bridgehead atoms. The van der Waals surface area contributed by atoms with Crippen LogP contribution in [0.15, 0.2) is 94.6 Å². The van der Waals surface area contributed by atoms with Crippen LogP contribution in [0.5, 0.6) is 5.75 Å². The van der Waals surface area contributed by atoms with Crippen LogP contribution < -0.4 is 20.4 Å². The van der Waals surface area contributed by atoms with E-state index in [1.54, 1.807) is 10.8 Å². The number of aryl methyl sites for hydroxylation is 1. The van der Waals surface area contributed by atoms with Gasteiger partial charge in [0.25, 0.3) is 11.1 Å². The lowest BCUT2D eigenvalue weighted by Crippen LogP contribution is -2.28. The number of thiazole rings is 1. The van der Waals surface area contributed by atoms with Crippen LogP contribution in [-0.2, 0) is 6.42 Å². The Morgan fingerprint density at radius 2 is 1.66 bits per heavy atom. The molecule has 222 valence electrons. The standard InChI is InChI=1S/C35H33N5O3S/c1-3-4-5-9-20-43-29-18-16-26(17-19-29)32-27(23-39(38-32)28-10-7-6-8-11-28)22-31-34(42)40-35(44-31)36-33(41)30(37-40)21-25-14-12-24(2)13-15-25/h6-8,10-19,22-23H,3-5,9,20-21H2,1-2H3. The van der Waals surface area contributed by atoms with Gasteiger partial charge < -0.3 is 4.74 Å². The molecule has 0 unspecified atom stereocenters. The molecule has 3 heterocycles. The van der Waals surface area contributed by atoms with Crippen LogP contribution in [0.1, 0.15) is 55.0 Å². The van der Waals surface area contributed by atoms with Crippen molar-refractivity contribution >= 4 is 22.4 Å². The molecule has 0 atom stereocenters. The molecule has 44 heavy (non-hydrogen) atoms. The molecule has 0 aliphatic rings. The van der Waals surface area contributed by atoms with Crippen molar-refractivity contribution in [3.63, 3.8) is 0 Å². The number of nitrogens with zero attached hydrogens (tertiary/aromatic N) is 5. The molecule has 0 spiro atoms. The Hall–Kier alpha value is -4.89. The summed E-state index contributed by atoms with van der Waals surface area (Å²) in [7, 11) is 0. The maximum absolute atomic E-state index is 13.5. The molecule has 0 radical (unpaired) electrons. The van der Waals surface area contributed by atoms with Crippen molar-refractivity contribution in [3.8, 4) is 22.7 Å². The quantitative estimate of drug-likeness (QED) is 0.175. The lowest BCUT2D eigenvalue weighted by molar-refractivity contribution is 0.305. The summed E-state index contributed by atoms with van der Waals surface area (Å²) in [5, 5.41) is 9.32. The van der Waals surface area contributed by atoms with Gasteiger partial charge in [0.2, 0.25) is 4.96 Å². The summed E-state index contributed by atoms with van der Waals surface area (Å²) >= 11 is 1.14. The lowest BCUT2D eigenvalue weighted by Gasteiger charge is -2.07. The predicted octanol–water partition coefficient (Wildman–Crippen LogP) is 5.77. The van der Waals surface area contributed by atoms with E-state index in [9.17, 15) is 9.59 Å². The maximum atomic E-state index is 13.5. The second-order valence-electron chi connectivity index (χ2n) is 10.8. The summed E-state index contributed by atoms with van der Waals surface area (Å²) in [5.41, 5.74) is 4.81. The molecule has 0 saturated heterocycles. The fourth-order valence-electron chi connectivity index (χ4n) is 4.95. The SMILES string of the molecule is CCCCCCOc1ccc(-c2nn(-c3ccccc3)cc2C=c2sc3nc(=O)c(Cc4ccc(C)cc4)nn3c2=O)cc1. The van der Waals surface area contributed by atoms with Gasteiger partial charge in [0.15, 0.2) is 0 Å². The number of rotatable bonds is 11. The largest absolute Gasteiger partial charge is 0.494 e. The summed E-state index contributed by atoms with van der Waals surface area (Å²) in [4.78, 5) is 30.8. The lowest BCUT2D eigenvalue weighted by atomic mass is 10.1. The fourth-order valence-corrected chi connectivity index (χ4v) is 5.85. The third kappa shape index (κ3) is 6.53. The topological polar surface area (TPSA) is 91.4 Å². The van der Waals surface area contributed by atoms with E-state index in [-0.39, 0.29) is 16.2 Å². The van der Waals surface area contributed by atoms with Crippen molar-refractivity contribution in [2.24, 2.45) is 0 Å². The van der Waals surface area contributed by atoms with Crippen molar-refractivity contribution in [3.05, 3.63) is 133 Å². The van der Waals surface area contributed by atoms with Crippen molar-refractivity contribution in [2.75, 3.05) is 6.61 Å². The number of hydrogen-bond acceptors (Lipinski definition) is 7. The molecule has 0 amide bonds. The highest BCUT2D eigenvalue weighted by Gasteiger charge is 2.15. The first-order valence-corrected chi connectivity index (χ1v) is 15.7. The second-order valence-corrected chi connectivity index (χ2v) is 11.8. The zero-order valence-corrected chi connectivity index (χ0v) is 25.6. The first kappa shape index (κ1) is 29.2. The van der Waals surface area contributed by atoms with Crippen molar-refractivity contribution in [1.29, 1.82) is 0 Å². The van der Waals surface area contributed by atoms with E-state index in [0.29, 0.717) is 17.6 Å². The van der Waals surface area contributed by atoms with Crippen LogP contribution in [0.4, 0.5) is 0 Å². The van der Waals surface area contributed by atoms with Gasteiger partial charge in [0.1, 0.15) is 17.1 Å². The molecule has 3 aromatic heterocycles. The van der Waals surface area contributed by atoms with Gasteiger partial charge >= 0.3 is 0 Å². The molecule has 6 aromatic rings. The van der Waals surface area contributed by atoms with E-state index in [1.807, 2.05) is 92.0 Å². The molecule has 0 fully saturated rings. The third-order valence-electron chi connectivity index (χ3n) is 7.39. The van der Waals surface area contributed by atoms with Gasteiger partial charge in [0, 0.05) is 23.7 Å². The van der Waals surface area contributed by atoms with Gasteiger partial charge in [-0.25, -0.2) is 4.68 Å². The Kier molecular flexibility index (Phi) is 8.74. The molecule has 8 nitrogen and oxygen atoms in total. The van der Waals surface area contributed by atoms with Crippen LogP contribution in [0.2, 0.25) is 0 Å². The van der Waals surface area contributed by atoms with Gasteiger partial charge in [-0.1, -0.05) is 85.6 Å². The van der Waals surface area contributed by atoms with Crippen LogP contribution >= 0.6 is 11.3 Å². The number of unbranched alkanes of at least 4 members (excludes halogenated alkanes) is 3. The average Bonchev–Trinajstić information content (AvgIpc) is 3.59. The molecule has 0 aliphatic heterocycles. The molecule has 0 saturated carbocycles. The minimum absolute atomic E-state index is 0.234. The van der Waals surface area contributed by atoms with E-state index in [4.69, 9.17) is 9.84 Å². The van der Waals surface area contributed by atoms with E-state index in [0.717, 1.165) is 63.6 Å². The predicted molar refractivity (Wildman–Crippen MR) is 175 cm³/mol. The Balaban J connectivity index is 1.36. The van der Waals surface area contributed by atoms with Crippen molar-refractivity contribution in [1.82, 2.24) is 24.4 Å². The van der Waals surface area contributed by atoms with Gasteiger partial charge in [-0.3, -0.25) is 9.59 Å². The first-order valence-electron chi connectivity index (χ1n) is 14.9. The highest BCUT2D eigenvalue weighted by atomic mass is 32.1. The minimum Gasteiger partial charge on any atom is -0.494 e. The molecule has 9 heteroatoms.